The zero-order valence-corrected chi connectivity index (χ0v) is 8.61. The summed E-state index contributed by atoms with van der Waals surface area (Å²) in [7, 11) is 0. The summed E-state index contributed by atoms with van der Waals surface area (Å²) < 4.78 is 24.7. The van der Waals surface area contributed by atoms with Crippen LogP contribution >= 0.6 is 27.5 Å². The molecular weight excluding hydrogens is 267 g/mol. The SMILES string of the molecule is OCc1ncc(C(F)F)c(Cl)c1Br. The van der Waals surface area contributed by atoms with Crippen molar-refractivity contribution < 1.29 is 13.9 Å². The third-order valence-corrected chi connectivity index (χ3v) is 2.93. The maximum atomic E-state index is 12.2. The van der Waals surface area contributed by atoms with E-state index >= 15 is 0 Å². The van der Waals surface area contributed by atoms with E-state index in [0.29, 0.717) is 0 Å². The van der Waals surface area contributed by atoms with Crippen LogP contribution in [0, 0.1) is 0 Å². The molecule has 0 saturated carbocycles. The molecule has 1 rings (SSSR count). The summed E-state index contributed by atoms with van der Waals surface area (Å²) >= 11 is 8.57. The van der Waals surface area contributed by atoms with Crippen molar-refractivity contribution in [3.8, 4) is 0 Å². The second kappa shape index (κ2) is 4.30. The Morgan fingerprint density at radius 1 is 1.62 bits per heavy atom. The van der Waals surface area contributed by atoms with Crippen LogP contribution < -0.4 is 0 Å². The fourth-order valence-corrected chi connectivity index (χ4v) is 1.47. The fraction of sp³-hybridized carbons (Fsp3) is 0.286. The van der Waals surface area contributed by atoms with Gasteiger partial charge in [0.1, 0.15) is 0 Å². The zero-order valence-electron chi connectivity index (χ0n) is 6.27. The van der Waals surface area contributed by atoms with Gasteiger partial charge in [0.2, 0.25) is 0 Å². The Hall–Kier alpha value is -0.260. The average molecular weight is 272 g/mol. The summed E-state index contributed by atoms with van der Waals surface area (Å²) in [4.78, 5) is 3.62. The highest BCUT2D eigenvalue weighted by molar-refractivity contribution is 9.10. The number of rotatable bonds is 2. The Balaban J connectivity index is 3.23. The van der Waals surface area contributed by atoms with Crippen LogP contribution in [0.15, 0.2) is 10.7 Å². The number of aliphatic hydroxyl groups excluding tert-OH is 1. The fourth-order valence-electron chi connectivity index (χ4n) is 0.777. The van der Waals surface area contributed by atoms with Crippen molar-refractivity contribution in [3.63, 3.8) is 0 Å². The maximum Gasteiger partial charge on any atom is 0.266 e. The van der Waals surface area contributed by atoms with Crippen molar-refractivity contribution in [2.75, 3.05) is 0 Å². The molecule has 6 heteroatoms. The Morgan fingerprint density at radius 2 is 2.23 bits per heavy atom. The van der Waals surface area contributed by atoms with Crippen molar-refractivity contribution in [2.45, 2.75) is 13.0 Å². The van der Waals surface area contributed by atoms with Crippen molar-refractivity contribution in [2.24, 2.45) is 0 Å². The van der Waals surface area contributed by atoms with E-state index in [1.807, 2.05) is 0 Å². The number of nitrogens with zero attached hydrogens (tertiary/aromatic N) is 1. The molecule has 0 spiro atoms. The second-order valence-electron chi connectivity index (χ2n) is 2.25. The number of alkyl halides is 2. The van der Waals surface area contributed by atoms with Gasteiger partial charge >= 0.3 is 0 Å². The molecule has 0 atom stereocenters. The number of hydrogen-bond donors (Lipinski definition) is 1. The van der Waals surface area contributed by atoms with Crippen LogP contribution in [-0.4, -0.2) is 10.1 Å². The normalized spacial score (nSPS) is 10.9. The minimum absolute atomic E-state index is 0.103. The van der Waals surface area contributed by atoms with E-state index in [-0.39, 0.29) is 27.4 Å². The molecule has 2 nitrogen and oxygen atoms in total. The Morgan fingerprint density at radius 3 is 2.69 bits per heavy atom. The van der Waals surface area contributed by atoms with Gasteiger partial charge < -0.3 is 5.11 Å². The summed E-state index contributed by atoms with van der Waals surface area (Å²) in [5, 5.41) is 8.63. The molecule has 1 heterocycles. The zero-order chi connectivity index (χ0) is 10.0. The first-order valence-corrected chi connectivity index (χ1v) is 4.46. The topological polar surface area (TPSA) is 33.1 Å². The van der Waals surface area contributed by atoms with Crippen molar-refractivity contribution in [1.29, 1.82) is 0 Å². The third-order valence-electron chi connectivity index (χ3n) is 1.44. The van der Waals surface area contributed by atoms with E-state index in [1.54, 1.807) is 0 Å². The first-order chi connectivity index (χ1) is 6.07. The minimum Gasteiger partial charge on any atom is -0.390 e. The molecule has 0 bridgehead atoms. The smallest absolute Gasteiger partial charge is 0.266 e. The molecule has 1 aromatic heterocycles. The average Bonchev–Trinajstić information content (AvgIpc) is 2.09. The van der Waals surface area contributed by atoms with Gasteiger partial charge in [0.05, 0.1) is 27.4 Å². The summed E-state index contributed by atoms with van der Waals surface area (Å²) in [5.41, 5.74) is -0.0971. The first kappa shape index (κ1) is 10.8. The van der Waals surface area contributed by atoms with Gasteiger partial charge in [-0.05, 0) is 15.9 Å². The summed E-state index contributed by atoms with van der Waals surface area (Å²) in [5.74, 6) is 0. The molecule has 0 amide bonds. The molecule has 0 fully saturated rings. The highest BCUT2D eigenvalue weighted by Crippen LogP contribution is 2.33. The van der Waals surface area contributed by atoms with Crippen LogP contribution in [0.1, 0.15) is 17.7 Å². The molecular formula is C7H5BrClF2NO. The van der Waals surface area contributed by atoms with Crippen LogP contribution in [-0.2, 0) is 6.61 Å². The number of pyridine rings is 1. The lowest BCUT2D eigenvalue weighted by Crippen LogP contribution is -1.96. The van der Waals surface area contributed by atoms with Gasteiger partial charge in [-0.2, -0.15) is 0 Å². The van der Waals surface area contributed by atoms with E-state index in [0.717, 1.165) is 6.20 Å². The van der Waals surface area contributed by atoms with Crippen LogP contribution in [0.5, 0.6) is 0 Å². The second-order valence-corrected chi connectivity index (χ2v) is 3.42. The molecule has 1 N–H and O–H groups in total. The molecule has 0 aromatic carbocycles. The maximum absolute atomic E-state index is 12.2. The molecule has 1 aromatic rings. The summed E-state index contributed by atoms with van der Waals surface area (Å²) in [6.45, 7) is -0.343. The molecule has 0 radical (unpaired) electrons. The quantitative estimate of drug-likeness (QED) is 0.898. The van der Waals surface area contributed by atoms with Gasteiger partial charge in [-0.1, -0.05) is 11.6 Å². The van der Waals surface area contributed by atoms with Crippen LogP contribution in [0.4, 0.5) is 8.78 Å². The van der Waals surface area contributed by atoms with Gasteiger partial charge in [0, 0.05) is 6.20 Å². The monoisotopic (exact) mass is 271 g/mol. The number of aliphatic hydroxyl groups is 1. The first-order valence-electron chi connectivity index (χ1n) is 3.29. The van der Waals surface area contributed by atoms with Crippen molar-refractivity contribution in [1.82, 2.24) is 4.98 Å². The Kier molecular flexibility index (Phi) is 3.58. The molecule has 0 aliphatic heterocycles. The molecule has 0 saturated heterocycles. The van der Waals surface area contributed by atoms with Gasteiger partial charge in [-0.25, -0.2) is 8.78 Å². The number of hydrogen-bond acceptors (Lipinski definition) is 2. The predicted molar refractivity (Wildman–Crippen MR) is 47.8 cm³/mol. The van der Waals surface area contributed by atoms with Crippen molar-refractivity contribution in [3.05, 3.63) is 26.9 Å². The Labute approximate surface area is 86.7 Å². The minimum atomic E-state index is -2.66. The van der Waals surface area contributed by atoms with Gasteiger partial charge in [0.15, 0.2) is 0 Å². The van der Waals surface area contributed by atoms with Crippen LogP contribution in [0.2, 0.25) is 5.02 Å². The van der Waals surface area contributed by atoms with Crippen molar-refractivity contribution >= 4 is 27.5 Å². The molecule has 72 valence electrons. The predicted octanol–water partition coefficient (Wildman–Crippen LogP) is 2.93. The summed E-state index contributed by atoms with van der Waals surface area (Å²) in [6.07, 6.45) is -1.70. The van der Waals surface area contributed by atoms with Gasteiger partial charge in [0.25, 0.3) is 6.43 Å². The molecule has 13 heavy (non-hydrogen) atoms. The molecule has 0 unspecified atom stereocenters. The summed E-state index contributed by atoms with van der Waals surface area (Å²) in [6, 6.07) is 0. The van der Waals surface area contributed by atoms with E-state index in [2.05, 4.69) is 20.9 Å². The lowest BCUT2D eigenvalue weighted by Gasteiger charge is -2.06. The Bertz CT molecular complexity index is 322. The van der Waals surface area contributed by atoms with E-state index in [4.69, 9.17) is 16.7 Å². The van der Waals surface area contributed by atoms with E-state index in [9.17, 15) is 8.78 Å². The lowest BCUT2D eigenvalue weighted by molar-refractivity contribution is 0.151. The third kappa shape index (κ3) is 2.15. The number of aromatic nitrogens is 1. The van der Waals surface area contributed by atoms with E-state index < -0.39 is 6.43 Å². The number of halogens is 4. The van der Waals surface area contributed by atoms with E-state index in [1.165, 1.54) is 0 Å². The van der Waals surface area contributed by atoms with Crippen LogP contribution in [0.25, 0.3) is 0 Å². The highest BCUT2D eigenvalue weighted by Gasteiger charge is 2.16. The standard InChI is InChI=1S/C7H5BrClF2NO/c8-5-4(2-13)12-1-3(6(5)9)7(10)11/h1,7,13H,2H2. The molecule has 0 aliphatic rings. The highest BCUT2D eigenvalue weighted by atomic mass is 79.9. The molecule has 0 aliphatic carbocycles. The largest absolute Gasteiger partial charge is 0.390 e. The lowest BCUT2D eigenvalue weighted by atomic mass is 10.2. The van der Waals surface area contributed by atoms with Crippen LogP contribution in [0.3, 0.4) is 0 Å². The van der Waals surface area contributed by atoms with Gasteiger partial charge in [-0.15, -0.1) is 0 Å². The van der Waals surface area contributed by atoms with Gasteiger partial charge in [-0.3, -0.25) is 4.98 Å².